The summed E-state index contributed by atoms with van der Waals surface area (Å²) in [6.07, 6.45) is 0. The Balaban J connectivity index is 0.00000162. The maximum Gasteiger partial charge on any atom is 0.228 e. The first-order chi connectivity index (χ1) is 8.08. The van der Waals surface area contributed by atoms with Gasteiger partial charge in [-0.3, -0.25) is 4.79 Å². The number of nitrogens with one attached hydrogen (secondary N) is 1. The summed E-state index contributed by atoms with van der Waals surface area (Å²) in [7, 11) is 1.81. The zero-order valence-electron chi connectivity index (χ0n) is 9.95. The molecule has 0 unspecified atom stereocenters. The van der Waals surface area contributed by atoms with E-state index in [2.05, 4.69) is 5.32 Å². The van der Waals surface area contributed by atoms with Crippen molar-refractivity contribution in [2.24, 2.45) is 5.92 Å². The zero-order chi connectivity index (χ0) is 12.4. The third kappa shape index (κ3) is 3.51. The van der Waals surface area contributed by atoms with Gasteiger partial charge in [0.2, 0.25) is 5.91 Å². The Morgan fingerprint density at radius 3 is 2.56 bits per heavy atom. The highest BCUT2D eigenvalue weighted by Crippen LogP contribution is 2.23. The molecule has 1 aliphatic heterocycles. The SMILES string of the molecule is CN(Cc1ccc(Cl)c(Cl)c1)C(=O)C1CNC1.Cl. The van der Waals surface area contributed by atoms with Crippen LogP contribution in [0.3, 0.4) is 0 Å². The van der Waals surface area contributed by atoms with Gasteiger partial charge in [0, 0.05) is 26.7 Å². The van der Waals surface area contributed by atoms with Gasteiger partial charge in [0.25, 0.3) is 0 Å². The Hall–Kier alpha value is -0.480. The summed E-state index contributed by atoms with van der Waals surface area (Å²) in [4.78, 5) is 13.6. The summed E-state index contributed by atoms with van der Waals surface area (Å²) in [6, 6.07) is 5.44. The Bertz CT molecular complexity index is 435. The summed E-state index contributed by atoms with van der Waals surface area (Å²) in [5.41, 5.74) is 0.988. The molecule has 2 rings (SSSR count). The van der Waals surface area contributed by atoms with E-state index in [9.17, 15) is 4.79 Å². The maximum atomic E-state index is 11.9. The minimum atomic E-state index is 0. The molecule has 1 aromatic rings. The van der Waals surface area contributed by atoms with E-state index in [4.69, 9.17) is 23.2 Å². The molecule has 1 saturated heterocycles. The average Bonchev–Trinajstić information content (AvgIpc) is 2.21. The topological polar surface area (TPSA) is 32.3 Å². The van der Waals surface area contributed by atoms with Crippen molar-refractivity contribution in [1.29, 1.82) is 0 Å². The Morgan fingerprint density at radius 1 is 1.39 bits per heavy atom. The molecule has 0 spiro atoms. The molecule has 100 valence electrons. The summed E-state index contributed by atoms with van der Waals surface area (Å²) < 4.78 is 0. The van der Waals surface area contributed by atoms with Gasteiger partial charge >= 0.3 is 0 Å². The summed E-state index contributed by atoms with van der Waals surface area (Å²) in [5, 5.41) is 4.15. The van der Waals surface area contributed by atoms with Crippen molar-refractivity contribution in [3.8, 4) is 0 Å². The molecule has 0 radical (unpaired) electrons. The standard InChI is InChI=1S/C12H14Cl2N2O.ClH/c1-16(12(17)9-5-15-6-9)7-8-2-3-10(13)11(14)4-8;/h2-4,9,15H,5-7H2,1H3;1H. The van der Waals surface area contributed by atoms with Crippen LogP contribution in [0.2, 0.25) is 10.0 Å². The molecule has 1 heterocycles. The van der Waals surface area contributed by atoms with E-state index in [0.717, 1.165) is 18.7 Å². The van der Waals surface area contributed by atoms with E-state index < -0.39 is 0 Å². The van der Waals surface area contributed by atoms with Gasteiger partial charge in [-0.2, -0.15) is 0 Å². The predicted molar refractivity (Wildman–Crippen MR) is 76.5 cm³/mol. The minimum absolute atomic E-state index is 0. The third-order valence-corrected chi connectivity index (χ3v) is 3.65. The zero-order valence-corrected chi connectivity index (χ0v) is 12.3. The predicted octanol–water partition coefficient (Wildman–Crippen LogP) is 2.59. The first-order valence-corrected chi connectivity index (χ1v) is 6.23. The van der Waals surface area contributed by atoms with Crippen LogP contribution in [0.25, 0.3) is 0 Å². The number of carbonyl (C=O) groups excluding carboxylic acids is 1. The van der Waals surface area contributed by atoms with Crippen molar-refractivity contribution in [3.05, 3.63) is 33.8 Å². The van der Waals surface area contributed by atoms with Crippen LogP contribution >= 0.6 is 35.6 Å². The van der Waals surface area contributed by atoms with Crippen LogP contribution in [0.1, 0.15) is 5.56 Å². The molecule has 0 aliphatic carbocycles. The van der Waals surface area contributed by atoms with Gasteiger partial charge in [0.1, 0.15) is 0 Å². The fourth-order valence-electron chi connectivity index (χ4n) is 1.76. The summed E-state index contributed by atoms with van der Waals surface area (Å²) in [5.74, 6) is 0.303. The number of benzene rings is 1. The molecule has 6 heteroatoms. The van der Waals surface area contributed by atoms with Crippen molar-refractivity contribution in [2.45, 2.75) is 6.54 Å². The van der Waals surface area contributed by atoms with Gasteiger partial charge in [0.05, 0.1) is 16.0 Å². The third-order valence-electron chi connectivity index (χ3n) is 2.91. The lowest BCUT2D eigenvalue weighted by atomic mass is 10.0. The summed E-state index contributed by atoms with van der Waals surface area (Å²) in [6.45, 7) is 2.13. The van der Waals surface area contributed by atoms with Crippen LogP contribution in [-0.4, -0.2) is 30.9 Å². The Morgan fingerprint density at radius 2 is 2.06 bits per heavy atom. The van der Waals surface area contributed by atoms with E-state index >= 15 is 0 Å². The van der Waals surface area contributed by atoms with Gasteiger partial charge in [-0.05, 0) is 17.7 Å². The van der Waals surface area contributed by atoms with Gasteiger partial charge in [0.15, 0.2) is 0 Å². The molecule has 1 aliphatic rings. The molecule has 1 amide bonds. The van der Waals surface area contributed by atoms with Crippen LogP contribution in [0.4, 0.5) is 0 Å². The highest BCUT2D eigenvalue weighted by atomic mass is 35.5. The number of hydrogen-bond acceptors (Lipinski definition) is 2. The van der Waals surface area contributed by atoms with Crippen LogP contribution in [0, 0.1) is 5.92 Å². The monoisotopic (exact) mass is 308 g/mol. The second-order valence-electron chi connectivity index (χ2n) is 4.30. The summed E-state index contributed by atoms with van der Waals surface area (Å²) >= 11 is 11.8. The van der Waals surface area contributed by atoms with Crippen LogP contribution in [0.15, 0.2) is 18.2 Å². The van der Waals surface area contributed by atoms with Crippen molar-refractivity contribution in [3.63, 3.8) is 0 Å². The molecule has 1 N–H and O–H groups in total. The molecular formula is C12H15Cl3N2O. The van der Waals surface area contributed by atoms with Crippen LogP contribution in [0.5, 0.6) is 0 Å². The quantitative estimate of drug-likeness (QED) is 0.931. The lowest BCUT2D eigenvalue weighted by Gasteiger charge is -2.30. The molecule has 1 fully saturated rings. The first kappa shape index (κ1) is 15.6. The number of rotatable bonds is 3. The number of carbonyl (C=O) groups is 1. The molecule has 18 heavy (non-hydrogen) atoms. The number of nitrogens with zero attached hydrogens (tertiary/aromatic N) is 1. The lowest BCUT2D eigenvalue weighted by molar-refractivity contribution is -0.136. The first-order valence-electron chi connectivity index (χ1n) is 5.47. The molecular weight excluding hydrogens is 295 g/mol. The minimum Gasteiger partial charge on any atom is -0.341 e. The maximum absolute atomic E-state index is 11.9. The lowest BCUT2D eigenvalue weighted by Crippen LogP contribution is -2.50. The van der Waals surface area contributed by atoms with Crippen LogP contribution in [-0.2, 0) is 11.3 Å². The van der Waals surface area contributed by atoms with Gasteiger partial charge in [-0.15, -0.1) is 12.4 Å². The second kappa shape index (κ2) is 6.62. The van der Waals surface area contributed by atoms with E-state index in [1.807, 2.05) is 13.1 Å². The normalized spacial score (nSPS) is 14.6. The molecule has 1 aromatic carbocycles. The average molecular weight is 310 g/mol. The van der Waals surface area contributed by atoms with Crippen LogP contribution < -0.4 is 5.32 Å². The van der Waals surface area contributed by atoms with Crippen molar-refractivity contribution >= 4 is 41.5 Å². The molecule has 0 bridgehead atoms. The van der Waals surface area contributed by atoms with Gasteiger partial charge in [-0.1, -0.05) is 29.3 Å². The van der Waals surface area contributed by atoms with Gasteiger partial charge < -0.3 is 10.2 Å². The molecule has 0 atom stereocenters. The highest BCUT2D eigenvalue weighted by Gasteiger charge is 2.27. The Labute approximate surface area is 123 Å². The molecule has 3 nitrogen and oxygen atoms in total. The second-order valence-corrected chi connectivity index (χ2v) is 5.11. The van der Waals surface area contributed by atoms with E-state index in [1.54, 1.807) is 17.0 Å². The highest BCUT2D eigenvalue weighted by molar-refractivity contribution is 6.42. The molecule has 0 saturated carbocycles. The van der Waals surface area contributed by atoms with E-state index in [0.29, 0.717) is 16.6 Å². The Kier molecular flexibility index (Phi) is 5.73. The largest absolute Gasteiger partial charge is 0.341 e. The molecule has 0 aromatic heterocycles. The van der Waals surface area contributed by atoms with Crippen molar-refractivity contribution in [1.82, 2.24) is 10.2 Å². The van der Waals surface area contributed by atoms with E-state index in [1.165, 1.54) is 0 Å². The van der Waals surface area contributed by atoms with Crippen molar-refractivity contribution < 1.29 is 4.79 Å². The number of hydrogen-bond donors (Lipinski definition) is 1. The smallest absolute Gasteiger partial charge is 0.228 e. The van der Waals surface area contributed by atoms with Gasteiger partial charge in [-0.25, -0.2) is 0 Å². The fourth-order valence-corrected chi connectivity index (χ4v) is 2.09. The van der Waals surface area contributed by atoms with E-state index in [-0.39, 0.29) is 24.2 Å². The number of halogens is 3. The number of amides is 1. The van der Waals surface area contributed by atoms with Crippen molar-refractivity contribution in [2.75, 3.05) is 20.1 Å². The fraction of sp³-hybridized carbons (Fsp3) is 0.417.